The Bertz CT molecular complexity index is 696. The number of ether oxygens (including phenoxy) is 3. The van der Waals surface area contributed by atoms with E-state index in [0.717, 1.165) is 12.0 Å². The third-order valence-electron chi connectivity index (χ3n) is 4.44. The largest absolute Gasteiger partial charge is 0.493 e. The minimum absolute atomic E-state index is 0.235. The average Bonchev–Trinajstić information content (AvgIpc) is 2.69. The van der Waals surface area contributed by atoms with Crippen molar-refractivity contribution in [1.82, 2.24) is 5.32 Å². The summed E-state index contributed by atoms with van der Waals surface area (Å²) in [5, 5.41) is 2.97. The molecule has 1 atom stereocenters. The van der Waals surface area contributed by atoms with Crippen LogP contribution in [0.15, 0.2) is 48.5 Å². The Kier molecular flexibility index (Phi) is 6.42. The van der Waals surface area contributed by atoms with E-state index in [1.165, 1.54) is 7.11 Å². The normalized spacial score (nSPS) is 13.0. The summed E-state index contributed by atoms with van der Waals surface area (Å²) in [6, 6.07) is 15.1. The lowest BCUT2D eigenvalue weighted by atomic mass is 9.90. The van der Waals surface area contributed by atoms with Crippen molar-refractivity contribution in [2.24, 2.45) is 0 Å². The van der Waals surface area contributed by atoms with Crippen LogP contribution in [-0.4, -0.2) is 33.8 Å². The quantitative estimate of drug-likeness (QED) is 0.798. The molecular formula is C20H25NO4. The van der Waals surface area contributed by atoms with Gasteiger partial charge in [-0.05, 0) is 24.1 Å². The first-order chi connectivity index (χ1) is 12.1. The van der Waals surface area contributed by atoms with Crippen molar-refractivity contribution in [1.29, 1.82) is 0 Å². The standard InChI is InChI=1S/C20H25NO4/c1-5-20(25-4,15-10-7-6-8-11-15)14-21-19(22)16-12-9-13-17(23-2)18(16)24-3/h6-13H,5,14H2,1-4H3,(H,21,22)/t20-/m0/s1. The summed E-state index contributed by atoms with van der Waals surface area (Å²) in [7, 11) is 4.72. The third kappa shape index (κ3) is 3.94. The number of nitrogens with one attached hydrogen (secondary N) is 1. The van der Waals surface area contributed by atoms with Crippen LogP contribution in [0.1, 0.15) is 29.3 Å². The van der Waals surface area contributed by atoms with E-state index in [9.17, 15) is 4.79 Å². The fraction of sp³-hybridized carbons (Fsp3) is 0.350. The number of hydrogen-bond donors (Lipinski definition) is 1. The number of amides is 1. The summed E-state index contributed by atoms with van der Waals surface area (Å²) in [4.78, 5) is 12.7. The molecule has 2 aromatic carbocycles. The molecule has 0 saturated carbocycles. The second-order valence-corrected chi connectivity index (χ2v) is 5.64. The molecule has 5 nitrogen and oxygen atoms in total. The summed E-state index contributed by atoms with van der Waals surface area (Å²) in [5.74, 6) is 0.704. The second kappa shape index (κ2) is 8.53. The van der Waals surface area contributed by atoms with E-state index in [1.54, 1.807) is 32.4 Å². The molecule has 25 heavy (non-hydrogen) atoms. The highest BCUT2D eigenvalue weighted by Gasteiger charge is 2.31. The molecule has 0 bridgehead atoms. The van der Waals surface area contributed by atoms with Gasteiger partial charge in [-0.25, -0.2) is 0 Å². The van der Waals surface area contributed by atoms with Gasteiger partial charge in [-0.15, -0.1) is 0 Å². The Hall–Kier alpha value is -2.53. The van der Waals surface area contributed by atoms with Crippen LogP contribution in [0, 0.1) is 0 Å². The van der Waals surface area contributed by atoms with Crippen molar-refractivity contribution < 1.29 is 19.0 Å². The second-order valence-electron chi connectivity index (χ2n) is 5.64. The number of hydrogen-bond acceptors (Lipinski definition) is 4. The molecule has 134 valence electrons. The summed E-state index contributed by atoms with van der Waals surface area (Å²) < 4.78 is 16.4. The molecule has 0 aromatic heterocycles. The summed E-state index contributed by atoms with van der Waals surface area (Å²) >= 11 is 0. The lowest BCUT2D eigenvalue weighted by molar-refractivity contribution is -0.0164. The molecule has 0 fully saturated rings. The summed E-state index contributed by atoms with van der Waals surface area (Å²) in [6.45, 7) is 2.39. The highest BCUT2D eigenvalue weighted by atomic mass is 16.5. The van der Waals surface area contributed by atoms with Gasteiger partial charge in [0.2, 0.25) is 0 Å². The Morgan fingerprint density at radius 2 is 1.72 bits per heavy atom. The number of carbonyl (C=O) groups is 1. The van der Waals surface area contributed by atoms with Gasteiger partial charge in [-0.3, -0.25) is 4.79 Å². The van der Waals surface area contributed by atoms with Gasteiger partial charge in [0, 0.05) is 7.11 Å². The lowest BCUT2D eigenvalue weighted by Crippen LogP contribution is -2.42. The molecule has 0 saturated heterocycles. The molecule has 5 heteroatoms. The molecule has 0 spiro atoms. The monoisotopic (exact) mass is 343 g/mol. The van der Waals surface area contributed by atoms with Crippen LogP contribution in [0.5, 0.6) is 11.5 Å². The molecule has 1 amide bonds. The van der Waals surface area contributed by atoms with Crippen molar-refractivity contribution in [3.05, 3.63) is 59.7 Å². The van der Waals surface area contributed by atoms with Crippen LogP contribution < -0.4 is 14.8 Å². The molecule has 2 aromatic rings. The maximum atomic E-state index is 12.7. The van der Waals surface area contributed by atoms with Gasteiger partial charge in [0.05, 0.1) is 26.3 Å². The van der Waals surface area contributed by atoms with Crippen molar-refractivity contribution >= 4 is 5.91 Å². The van der Waals surface area contributed by atoms with E-state index >= 15 is 0 Å². The SMILES string of the molecule is CC[C@@](CNC(=O)c1cccc(OC)c1OC)(OC)c1ccccc1. The maximum absolute atomic E-state index is 12.7. The topological polar surface area (TPSA) is 56.8 Å². The van der Waals surface area contributed by atoms with E-state index < -0.39 is 5.60 Å². The van der Waals surface area contributed by atoms with Crippen LogP contribution in [0.2, 0.25) is 0 Å². The first kappa shape index (κ1) is 18.8. The molecule has 0 aliphatic rings. The van der Waals surface area contributed by atoms with Crippen LogP contribution in [0.4, 0.5) is 0 Å². The summed E-state index contributed by atoms with van der Waals surface area (Å²) in [6.07, 6.45) is 0.725. The van der Waals surface area contributed by atoms with Crippen molar-refractivity contribution in [3.63, 3.8) is 0 Å². The first-order valence-corrected chi connectivity index (χ1v) is 8.21. The predicted octanol–water partition coefficient (Wildman–Crippen LogP) is 3.39. The van der Waals surface area contributed by atoms with Gasteiger partial charge >= 0.3 is 0 Å². The predicted molar refractivity (Wildman–Crippen MR) is 97.3 cm³/mol. The van der Waals surface area contributed by atoms with Gasteiger partial charge in [-0.2, -0.15) is 0 Å². The van der Waals surface area contributed by atoms with Crippen LogP contribution in [-0.2, 0) is 10.3 Å². The van der Waals surface area contributed by atoms with Gasteiger partial charge in [0.1, 0.15) is 5.60 Å². The Labute approximate surface area is 148 Å². The number of benzene rings is 2. The van der Waals surface area contributed by atoms with Crippen LogP contribution in [0.25, 0.3) is 0 Å². The van der Waals surface area contributed by atoms with E-state index in [-0.39, 0.29) is 5.91 Å². The Morgan fingerprint density at radius 3 is 2.28 bits per heavy atom. The van der Waals surface area contributed by atoms with Crippen molar-refractivity contribution in [2.75, 3.05) is 27.9 Å². The Morgan fingerprint density at radius 1 is 1.00 bits per heavy atom. The zero-order chi connectivity index (χ0) is 18.3. The molecule has 2 rings (SSSR count). The maximum Gasteiger partial charge on any atom is 0.255 e. The average molecular weight is 343 g/mol. The lowest BCUT2D eigenvalue weighted by Gasteiger charge is -2.32. The highest BCUT2D eigenvalue weighted by Crippen LogP contribution is 2.31. The van der Waals surface area contributed by atoms with Gasteiger partial charge in [0.15, 0.2) is 11.5 Å². The molecule has 0 unspecified atom stereocenters. The van der Waals surface area contributed by atoms with Crippen molar-refractivity contribution in [3.8, 4) is 11.5 Å². The Balaban J connectivity index is 2.23. The number of para-hydroxylation sites is 1. The molecular weight excluding hydrogens is 318 g/mol. The zero-order valence-corrected chi connectivity index (χ0v) is 15.2. The minimum Gasteiger partial charge on any atom is -0.493 e. The fourth-order valence-corrected chi connectivity index (χ4v) is 2.89. The van der Waals surface area contributed by atoms with E-state index in [4.69, 9.17) is 14.2 Å². The molecule has 0 radical (unpaired) electrons. The summed E-state index contributed by atoms with van der Waals surface area (Å²) in [5.41, 5.74) is 0.872. The van der Waals surface area contributed by atoms with Gasteiger partial charge in [0.25, 0.3) is 5.91 Å². The smallest absolute Gasteiger partial charge is 0.255 e. The molecule has 0 aliphatic carbocycles. The number of methoxy groups -OCH3 is 3. The highest BCUT2D eigenvalue weighted by molar-refractivity contribution is 5.97. The van der Waals surface area contributed by atoms with Crippen molar-refractivity contribution in [2.45, 2.75) is 18.9 Å². The van der Waals surface area contributed by atoms with Crippen LogP contribution >= 0.6 is 0 Å². The van der Waals surface area contributed by atoms with Gasteiger partial charge in [-0.1, -0.05) is 43.3 Å². The molecule has 0 aliphatic heterocycles. The number of rotatable bonds is 8. The third-order valence-corrected chi connectivity index (χ3v) is 4.44. The number of carbonyl (C=O) groups excluding carboxylic acids is 1. The molecule has 1 N–H and O–H groups in total. The van der Waals surface area contributed by atoms with E-state index in [0.29, 0.717) is 23.6 Å². The minimum atomic E-state index is -0.580. The first-order valence-electron chi connectivity index (χ1n) is 8.21. The van der Waals surface area contributed by atoms with Gasteiger partial charge < -0.3 is 19.5 Å². The van der Waals surface area contributed by atoms with E-state index in [2.05, 4.69) is 5.32 Å². The fourth-order valence-electron chi connectivity index (χ4n) is 2.89. The molecule has 0 heterocycles. The van der Waals surface area contributed by atoms with E-state index in [1.807, 2.05) is 37.3 Å². The van der Waals surface area contributed by atoms with Crippen LogP contribution in [0.3, 0.4) is 0 Å². The zero-order valence-electron chi connectivity index (χ0n) is 15.2.